The summed E-state index contributed by atoms with van der Waals surface area (Å²) in [4.78, 5) is 0. The van der Waals surface area contributed by atoms with E-state index in [1.165, 1.54) is 77.0 Å². The molecule has 3 fully saturated rings. The lowest BCUT2D eigenvalue weighted by atomic mass is 9.67. The Labute approximate surface area is 194 Å². The topological polar surface area (TPSA) is 9.23 Å². The van der Waals surface area contributed by atoms with Crippen LogP contribution in [0, 0.1) is 42.2 Å². The van der Waals surface area contributed by atoms with Crippen molar-refractivity contribution in [2.45, 2.75) is 116 Å². The van der Waals surface area contributed by atoms with Crippen LogP contribution in [-0.4, -0.2) is 12.7 Å². The third-order valence-electron chi connectivity index (χ3n) is 9.15. The predicted molar refractivity (Wildman–Crippen MR) is 128 cm³/mol. The number of ether oxygens (including phenoxy) is 1. The van der Waals surface area contributed by atoms with Crippen LogP contribution in [0.25, 0.3) is 0 Å². The molecule has 2 unspecified atom stereocenters. The normalized spacial score (nSPS) is 33.9. The van der Waals surface area contributed by atoms with E-state index in [9.17, 15) is 8.78 Å². The van der Waals surface area contributed by atoms with Crippen LogP contribution in [0.15, 0.2) is 12.1 Å². The molecule has 0 spiro atoms. The molecule has 2 aliphatic carbocycles. The second-order valence-corrected chi connectivity index (χ2v) is 11.2. The quantitative estimate of drug-likeness (QED) is 0.380. The summed E-state index contributed by atoms with van der Waals surface area (Å²) < 4.78 is 34.8. The first kappa shape index (κ1) is 24.2. The fraction of sp³-hybridized carbons (Fsp3) is 0.793. The molecule has 0 aromatic heterocycles. The molecule has 0 amide bonds. The van der Waals surface area contributed by atoms with Crippen LogP contribution in [0.5, 0.6) is 0 Å². The Morgan fingerprint density at radius 1 is 0.781 bits per heavy atom. The van der Waals surface area contributed by atoms with Crippen molar-refractivity contribution in [2.75, 3.05) is 6.61 Å². The summed E-state index contributed by atoms with van der Waals surface area (Å²) in [5.74, 6) is 2.12. The molecule has 3 aliphatic rings. The molecule has 2 atom stereocenters. The third kappa shape index (κ3) is 5.75. The van der Waals surface area contributed by atoms with Crippen LogP contribution in [0.3, 0.4) is 0 Å². The summed E-state index contributed by atoms with van der Waals surface area (Å²) in [5.41, 5.74) is 1.02. The highest BCUT2D eigenvalue weighted by Crippen LogP contribution is 2.46. The molecular formula is C29H44F2O. The molecule has 1 nitrogen and oxygen atoms in total. The van der Waals surface area contributed by atoms with Gasteiger partial charge in [-0.25, -0.2) is 8.78 Å². The number of rotatable bonds is 7. The van der Waals surface area contributed by atoms with E-state index in [1.54, 1.807) is 13.0 Å². The van der Waals surface area contributed by atoms with Crippen molar-refractivity contribution in [2.24, 2.45) is 23.7 Å². The molecule has 0 radical (unpaired) electrons. The van der Waals surface area contributed by atoms with Crippen LogP contribution in [0.4, 0.5) is 8.78 Å². The van der Waals surface area contributed by atoms with Gasteiger partial charge in [-0.3, -0.25) is 0 Å². The van der Waals surface area contributed by atoms with Crippen molar-refractivity contribution < 1.29 is 13.5 Å². The molecule has 2 saturated carbocycles. The molecule has 1 saturated heterocycles. The van der Waals surface area contributed by atoms with Crippen molar-refractivity contribution in [3.63, 3.8) is 0 Å². The van der Waals surface area contributed by atoms with E-state index < -0.39 is 11.6 Å². The molecule has 1 aromatic rings. The van der Waals surface area contributed by atoms with Crippen LogP contribution >= 0.6 is 0 Å². The minimum Gasteiger partial charge on any atom is -0.378 e. The minimum atomic E-state index is -0.653. The van der Waals surface area contributed by atoms with Crippen LogP contribution in [0.2, 0.25) is 0 Å². The van der Waals surface area contributed by atoms with Crippen molar-refractivity contribution in [1.29, 1.82) is 0 Å². The molecule has 32 heavy (non-hydrogen) atoms. The standard InChI is InChI=1S/C29H44F2O/c1-3-4-5-6-21-8-18-27(32-19-21)25-15-11-23(12-16-25)22-9-13-24(14-10-22)26-17-7-20(2)28(30)29(26)31/h7,17,21-25,27H,3-6,8-16,18-19H2,1-2H3. The average molecular weight is 447 g/mol. The van der Waals surface area contributed by atoms with E-state index >= 15 is 0 Å². The summed E-state index contributed by atoms with van der Waals surface area (Å²) in [5, 5.41) is 0. The minimum absolute atomic E-state index is 0.193. The Morgan fingerprint density at radius 3 is 2.06 bits per heavy atom. The van der Waals surface area contributed by atoms with Crippen LogP contribution < -0.4 is 0 Å². The lowest BCUT2D eigenvalue weighted by Crippen LogP contribution is -2.35. The zero-order valence-electron chi connectivity index (χ0n) is 20.4. The van der Waals surface area contributed by atoms with Crippen molar-refractivity contribution in [3.05, 3.63) is 34.9 Å². The molecule has 180 valence electrons. The lowest BCUT2D eigenvalue weighted by Gasteiger charge is -2.41. The van der Waals surface area contributed by atoms with Gasteiger partial charge in [-0.05, 0) is 118 Å². The average Bonchev–Trinajstić information content (AvgIpc) is 2.84. The van der Waals surface area contributed by atoms with Gasteiger partial charge in [-0.1, -0.05) is 38.3 Å². The van der Waals surface area contributed by atoms with Gasteiger partial charge in [0.2, 0.25) is 0 Å². The fourth-order valence-electron chi connectivity index (χ4n) is 6.97. The van der Waals surface area contributed by atoms with Crippen LogP contribution in [0.1, 0.15) is 114 Å². The first-order valence-electron chi connectivity index (χ1n) is 13.6. The monoisotopic (exact) mass is 446 g/mol. The van der Waals surface area contributed by atoms with Gasteiger partial charge in [0.25, 0.3) is 0 Å². The highest BCUT2D eigenvalue weighted by atomic mass is 19.2. The van der Waals surface area contributed by atoms with Gasteiger partial charge in [0.15, 0.2) is 11.6 Å². The zero-order chi connectivity index (χ0) is 22.5. The SMILES string of the molecule is CCCCCC1CCC(C2CCC(C3CCC(c4ccc(C)c(F)c4F)CC3)CC2)OC1. The first-order chi connectivity index (χ1) is 15.6. The molecule has 0 bridgehead atoms. The molecule has 4 rings (SSSR count). The van der Waals surface area contributed by atoms with Crippen molar-refractivity contribution in [3.8, 4) is 0 Å². The summed E-state index contributed by atoms with van der Waals surface area (Å²) in [6.07, 6.45) is 18.3. The Bertz CT molecular complexity index is 708. The maximum absolute atomic E-state index is 14.4. The molecule has 1 aliphatic heterocycles. The van der Waals surface area contributed by atoms with Gasteiger partial charge in [0.1, 0.15) is 0 Å². The summed E-state index contributed by atoms with van der Waals surface area (Å²) in [6.45, 7) is 4.91. The summed E-state index contributed by atoms with van der Waals surface area (Å²) in [7, 11) is 0. The Hall–Kier alpha value is -0.960. The molecule has 1 aromatic carbocycles. The number of aryl methyl sites for hydroxylation is 1. The number of hydrogen-bond acceptors (Lipinski definition) is 1. The van der Waals surface area contributed by atoms with E-state index in [4.69, 9.17) is 4.74 Å². The Balaban J connectivity index is 1.19. The van der Waals surface area contributed by atoms with Crippen LogP contribution in [-0.2, 0) is 4.74 Å². The van der Waals surface area contributed by atoms with E-state index in [-0.39, 0.29) is 5.92 Å². The van der Waals surface area contributed by atoms with Gasteiger partial charge < -0.3 is 4.74 Å². The largest absolute Gasteiger partial charge is 0.378 e. The van der Waals surface area contributed by atoms with Crippen molar-refractivity contribution >= 4 is 0 Å². The zero-order valence-corrected chi connectivity index (χ0v) is 20.4. The smallest absolute Gasteiger partial charge is 0.162 e. The summed E-state index contributed by atoms with van der Waals surface area (Å²) >= 11 is 0. The molecular weight excluding hydrogens is 402 g/mol. The van der Waals surface area contributed by atoms with E-state index in [0.717, 1.165) is 43.1 Å². The molecule has 0 N–H and O–H groups in total. The number of halogens is 2. The van der Waals surface area contributed by atoms with Gasteiger partial charge in [0, 0.05) is 6.61 Å². The van der Waals surface area contributed by atoms with E-state index in [1.807, 2.05) is 6.07 Å². The Morgan fingerprint density at radius 2 is 1.44 bits per heavy atom. The highest BCUT2D eigenvalue weighted by Gasteiger charge is 2.35. The number of hydrogen-bond donors (Lipinski definition) is 0. The van der Waals surface area contributed by atoms with Gasteiger partial charge in [-0.15, -0.1) is 0 Å². The van der Waals surface area contributed by atoms with Gasteiger partial charge in [0.05, 0.1) is 6.10 Å². The highest BCUT2D eigenvalue weighted by molar-refractivity contribution is 5.28. The number of unbranched alkanes of at least 4 members (excludes halogenated alkanes) is 2. The predicted octanol–water partition coefficient (Wildman–Crippen LogP) is 8.73. The van der Waals surface area contributed by atoms with Crippen molar-refractivity contribution in [1.82, 2.24) is 0 Å². The fourth-order valence-corrected chi connectivity index (χ4v) is 6.97. The summed E-state index contributed by atoms with van der Waals surface area (Å²) in [6, 6.07) is 3.56. The second-order valence-electron chi connectivity index (χ2n) is 11.2. The van der Waals surface area contributed by atoms with E-state index in [2.05, 4.69) is 6.92 Å². The van der Waals surface area contributed by atoms with Gasteiger partial charge in [-0.2, -0.15) is 0 Å². The molecule has 1 heterocycles. The lowest BCUT2D eigenvalue weighted by molar-refractivity contribution is -0.0619. The molecule has 3 heteroatoms. The third-order valence-corrected chi connectivity index (χ3v) is 9.15. The first-order valence-corrected chi connectivity index (χ1v) is 13.6. The Kier molecular flexibility index (Phi) is 8.65. The van der Waals surface area contributed by atoms with Gasteiger partial charge >= 0.3 is 0 Å². The number of benzene rings is 1. The maximum atomic E-state index is 14.4. The second kappa shape index (κ2) is 11.4. The maximum Gasteiger partial charge on any atom is 0.162 e. The van der Waals surface area contributed by atoms with E-state index in [0.29, 0.717) is 17.2 Å².